The van der Waals surface area contributed by atoms with Crippen molar-refractivity contribution in [1.29, 1.82) is 0 Å². The maximum absolute atomic E-state index is 13.1. The summed E-state index contributed by atoms with van der Waals surface area (Å²) in [6.45, 7) is 6.23. The third-order valence-electron chi connectivity index (χ3n) is 6.40. The highest BCUT2D eigenvalue weighted by atomic mass is 32.2. The number of piperidine rings is 1. The first-order chi connectivity index (χ1) is 16.3. The largest absolute Gasteiger partial charge is 0.486 e. The third kappa shape index (κ3) is 5.64. The molecule has 184 valence electrons. The molecule has 1 atom stereocenters. The Bertz CT molecular complexity index is 1080. The highest BCUT2D eigenvalue weighted by Gasteiger charge is 2.33. The van der Waals surface area contributed by atoms with Gasteiger partial charge >= 0.3 is 0 Å². The Hall–Kier alpha value is -2.78. The van der Waals surface area contributed by atoms with E-state index in [1.54, 1.807) is 12.1 Å². The molecule has 0 radical (unpaired) electrons. The van der Waals surface area contributed by atoms with Crippen LogP contribution < -0.4 is 20.1 Å². The molecule has 0 aliphatic carbocycles. The molecule has 0 saturated carbocycles. The van der Waals surface area contributed by atoms with Crippen LogP contribution >= 0.6 is 0 Å². The molecule has 0 aromatic heterocycles. The van der Waals surface area contributed by atoms with Crippen LogP contribution in [0.4, 0.5) is 5.69 Å². The van der Waals surface area contributed by atoms with Gasteiger partial charge in [-0.15, -0.1) is 0 Å². The summed E-state index contributed by atoms with van der Waals surface area (Å²) < 4.78 is 38.7. The van der Waals surface area contributed by atoms with Crippen molar-refractivity contribution in [3.63, 3.8) is 0 Å². The zero-order valence-electron chi connectivity index (χ0n) is 19.7. The number of carbonyl (C=O) groups is 1. The van der Waals surface area contributed by atoms with Gasteiger partial charge in [0.05, 0.1) is 4.90 Å². The van der Waals surface area contributed by atoms with E-state index >= 15 is 0 Å². The predicted octanol–water partition coefficient (Wildman–Crippen LogP) is 3.11. The van der Waals surface area contributed by atoms with Gasteiger partial charge in [0.1, 0.15) is 13.2 Å². The topological polar surface area (TPSA) is 97.0 Å². The Morgan fingerprint density at radius 2 is 1.71 bits per heavy atom. The van der Waals surface area contributed by atoms with Crippen molar-refractivity contribution in [2.75, 3.05) is 38.2 Å². The van der Waals surface area contributed by atoms with E-state index in [-0.39, 0.29) is 22.8 Å². The molecule has 1 fully saturated rings. The number of nitrogens with one attached hydrogen (secondary N) is 2. The maximum Gasteiger partial charge on any atom is 0.243 e. The molecule has 2 aliphatic rings. The van der Waals surface area contributed by atoms with Gasteiger partial charge in [-0.1, -0.05) is 32.0 Å². The van der Waals surface area contributed by atoms with Gasteiger partial charge in [-0.25, -0.2) is 8.42 Å². The molecule has 34 heavy (non-hydrogen) atoms. The molecule has 2 aromatic carbocycles. The minimum absolute atomic E-state index is 0.0168. The molecule has 1 unspecified atom stereocenters. The fourth-order valence-electron chi connectivity index (χ4n) is 4.25. The molecule has 2 aromatic rings. The van der Waals surface area contributed by atoms with Crippen LogP contribution in [0.1, 0.15) is 26.7 Å². The van der Waals surface area contributed by atoms with E-state index in [4.69, 9.17) is 9.47 Å². The summed E-state index contributed by atoms with van der Waals surface area (Å²) in [5, 5.41) is 6.56. The first kappa shape index (κ1) is 24.3. The van der Waals surface area contributed by atoms with Crippen LogP contribution in [-0.2, 0) is 14.8 Å². The fourth-order valence-corrected chi connectivity index (χ4v) is 5.73. The summed E-state index contributed by atoms with van der Waals surface area (Å²) in [6, 6.07) is 14.7. The monoisotopic (exact) mass is 487 g/mol. The van der Waals surface area contributed by atoms with E-state index < -0.39 is 10.0 Å². The van der Waals surface area contributed by atoms with E-state index in [0.717, 1.165) is 5.69 Å². The summed E-state index contributed by atoms with van der Waals surface area (Å²) in [5.74, 6) is 1.12. The van der Waals surface area contributed by atoms with Crippen LogP contribution in [0.25, 0.3) is 0 Å². The van der Waals surface area contributed by atoms with Crippen molar-refractivity contribution in [3.8, 4) is 11.5 Å². The lowest BCUT2D eigenvalue weighted by Gasteiger charge is -2.31. The average Bonchev–Trinajstić information content (AvgIpc) is 2.86. The molecule has 8 nitrogen and oxygen atoms in total. The summed E-state index contributed by atoms with van der Waals surface area (Å²) in [5.41, 5.74) is 1.02. The Kier molecular flexibility index (Phi) is 7.63. The number of amides is 1. The van der Waals surface area contributed by atoms with Gasteiger partial charge in [-0.2, -0.15) is 4.31 Å². The van der Waals surface area contributed by atoms with Gasteiger partial charge in [0.25, 0.3) is 0 Å². The van der Waals surface area contributed by atoms with E-state index in [2.05, 4.69) is 24.5 Å². The zero-order chi connectivity index (χ0) is 24.1. The lowest BCUT2D eigenvalue weighted by Crippen LogP contribution is -2.46. The van der Waals surface area contributed by atoms with Crippen LogP contribution in [-0.4, -0.2) is 57.5 Å². The van der Waals surface area contributed by atoms with Crippen LogP contribution in [0.2, 0.25) is 0 Å². The number of nitrogens with zero attached hydrogens (tertiary/aromatic N) is 1. The second kappa shape index (κ2) is 10.7. The minimum Gasteiger partial charge on any atom is -0.486 e. The van der Waals surface area contributed by atoms with Gasteiger partial charge in [0.2, 0.25) is 15.9 Å². The van der Waals surface area contributed by atoms with Crippen molar-refractivity contribution in [2.45, 2.75) is 37.6 Å². The Labute approximate surface area is 201 Å². The molecular weight excluding hydrogens is 454 g/mol. The second-order valence-corrected chi connectivity index (χ2v) is 11.0. The van der Waals surface area contributed by atoms with Crippen molar-refractivity contribution < 1.29 is 22.7 Å². The second-order valence-electron chi connectivity index (χ2n) is 9.09. The molecule has 1 saturated heterocycles. The van der Waals surface area contributed by atoms with E-state index in [1.165, 1.54) is 10.4 Å². The number of benzene rings is 2. The minimum atomic E-state index is -3.66. The predicted molar refractivity (Wildman–Crippen MR) is 131 cm³/mol. The van der Waals surface area contributed by atoms with Gasteiger partial charge < -0.3 is 20.1 Å². The van der Waals surface area contributed by atoms with Crippen molar-refractivity contribution in [3.05, 3.63) is 48.5 Å². The zero-order valence-corrected chi connectivity index (χ0v) is 20.5. The Morgan fingerprint density at radius 3 is 2.38 bits per heavy atom. The van der Waals surface area contributed by atoms with Gasteiger partial charge in [-0.05, 0) is 43.0 Å². The van der Waals surface area contributed by atoms with Gasteiger partial charge in [0, 0.05) is 43.3 Å². The van der Waals surface area contributed by atoms with Crippen LogP contribution in [0, 0.1) is 11.8 Å². The Balaban J connectivity index is 1.31. The van der Waals surface area contributed by atoms with Crippen molar-refractivity contribution in [2.24, 2.45) is 11.8 Å². The number of rotatable bonds is 8. The van der Waals surface area contributed by atoms with Crippen LogP contribution in [0.15, 0.2) is 53.4 Å². The number of carbonyl (C=O) groups excluding carboxylic acids is 1. The van der Waals surface area contributed by atoms with Crippen molar-refractivity contribution >= 4 is 21.6 Å². The molecule has 2 N–H and O–H groups in total. The van der Waals surface area contributed by atoms with Gasteiger partial charge in [-0.3, -0.25) is 4.79 Å². The van der Waals surface area contributed by atoms with E-state index in [0.29, 0.717) is 63.1 Å². The number of hydrogen-bond donors (Lipinski definition) is 2. The maximum atomic E-state index is 13.1. The summed E-state index contributed by atoms with van der Waals surface area (Å²) in [6.07, 6.45) is 0.988. The van der Waals surface area contributed by atoms with E-state index in [1.807, 2.05) is 30.3 Å². The lowest BCUT2D eigenvalue weighted by molar-refractivity contribution is -0.126. The summed E-state index contributed by atoms with van der Waals surface area (Å²) in [4.78, 5) is 13.0. The summed E-state index contributed by atoms with van der Waals surface area (Å²) >= 11 is 0. The highest BCUT2D eigenvalue weighted by molar-refractivity contribution is 7.89. The molecule has 2 aliphatic heterocycles. The quantitative estimate of drug-likeness (QED) is 0.594. The normalized spacial score (nSPS) is 17.9. The Morgan fingerprint density at radius 1 is 1.03 bits per heavy atom. The van der Waals surface area contributed by atoms with Crippen LogP contribution in [0.3, 0.4) is 0 Å². The third-order valence-corrected chi connectivity index (χ3v) is 8.30. The lowest BCUT2D eigenvalue weighted by atomic mass is 9.96. The summed E-state index contributed by atoms with van der Waals surface area (Å²) in [7, 11) is -3.66. The first-order valence-electron chi connectivity index (χ1n) is 11.8. The number of anilines is 1. The SMILES string of the molecule is CC(C)C(CNC(=O)C1CCN(S(=O)(=O)c2ccc3c(c2)OCCO3)CC1)Nc1ccccc1. The van der Waals surface area contributed by atoms with Crippen LogP contribution in [0.5, 0.6) is 11.5 Å². The fraction of sp³-hybridized carbons (Fsp3) is 0.480. The molecule has 1 amide bonds. The standard InChI is InChI=1S/C25H33N3O5S/c1-18(2)22(27-20-6-4-3-5-7-20)17-26-25(29)19-10-12-28(13-11-19)34(30,31)21-8-9-23-24(16-21)33-15-14-32-23/h3-9,16,18-19,22,27H,10-15,17H2,1-2H3,(H,26,29). The average molecular weight is 488 g/mol. The van der Waals surface area contributed by atoms with Gasteiger partial charge in [0.15, 0.2) is 11.5 Å². The van der Waals surface area contributed by atoms with E-state index in [9.17, 15) is 13.2 Å². The number of ether oxygens (including phenoxy) is 2. The molecule has 4 rings (SSSR count). The molecule has 0 bridgehead atoms. The number of sulfonamides is 1. The molecule has 2 heterocycles. The number of hydrogen-bond acceptors (Lipinski definition) is 6. The smallest absolute Gasteiger partial charge is 0.243 e. The van der Waals surface area contributed by atoms with Crippen molar-refractivity contribution in [1.82, 2.24) is 9.62 Å². The molecule has 0 spiro atoms. The number of fused-ring (bicyclic) bond motifs is 1. The first-order valence-corrected chi connectivity index (χ1v) is 13.3. The number of para-hydroxylation sites is 1. The molecular formula is C25H33N3O5S. The molecule has 9 heteroatoms. The highest BCUT2D eigenvalue weighted by Crippen LogP contribution is 2.34.